The Balaban J connectivity index is 1.46. The minimum Gasteiger partial charge on any atom is -0.379 e. The van der Waals surface area contributed by atoms with Crippen LogP contribution in [0.15, 0.2) is 0 Å². The normalized spacial score (nSPS) is 28.2. The first-order valence-electron chi connectivity index (χ1n) is 15.9. The first-order chi connectivity index (χ1) is 19.8. The molecule has 2 aliphatic carbocycles. The van der Waals surface area contributed by atoms with Crippen molar-refractivity contribution in [3.63, 3.8) is 0 Å². The number of Topliss-reactive ketones (excluding diaryl/α,β-unsaturated/α-hetero) is 1. The fraction of sp³-hybridized carbons (Fsp3) is 0.833. The summed E-state index contributed by atoms with van der Waals surface area (Å²) in [6.07, 6.45) is 13.4. The molecule has 4 rings (SSSR count). The van der Waals surface area contributed by atoms with Crippen molar-refractivity contribution in [1.29, 1.82) is 0 Å². The second kappa shape index (κ2) is 15.0. The van der Waals surface area contributed by atoms with Crippen LogP contribution in [-0.2, 0) is 23.9 Å². The van der Waals surface area contributed by atoms with Gasteiger partial charge in [0.05, 0.1) is 12.6 Å². The molecule has 0 spiro atoms. The zero-order valence-corrected chi connectivity index (χ0v) is 24.6. The maximum Gasteiger partial charge on any atom is 0.315 e. The van der Waals surface area contributed by atoms with Crippen LogP contribution in [0, 0.1) is 0 Å². The van der Waals surface area contributed by atoms with E-state index in [2.05, 4.69) is 28.2 Å². The molecule has 2 saturated heterocycles. The zero-order chi connectivity index (χ0) is 29.2. The molecule has 3 atom stereocenters. The average molecular weight is 576 g/mol. The van der Waals surface area contributed by atoms with Gasteiger partial charge in [-0.25, -0.2) is 4.79 Å². The molecule has 4 aliphatic rings. The van der Waals surface area contributed by atoms with Gasteiger partial charge in [0.2, 0.25) is 17.6 Å². The van der Waals surface area contributed by atoms with E-state index in [1.807, 2.05) is 0 Å². The first kappa shape index (κ1) is 31.3. The molecule has 2 heterocycles. The van der Waals surface area contributed by atoms with Crippen LogP contribution in [0.5, 0.6) is 0 Å². The van der Waals surface area contributed by atoms with Gasteiger partial charge in [0.1, 0.15) is 12.1 Å². The Morgan fingerprint density at radius 2 is 1.61 bits per heavy atom. The summed E-state index contributed by atoms with van der Waals surface area (Å²) < 4.78 is 5.87. The molecular weight excluding hydrogens is 526 g/mol. The highest BCUT2D eigenvalue weighted by molar-refractivity contribution is 6.38. The van der Waals surface area contributed by atoms with Gasteiger partial charge in [0.15, 0.2) is 0 Å². The Bertz CT molecular complexity index is 948. The highest BCUT2D eigenvalue weighted by atomic mass is 16.5. The van der Waals surface area contributed by atoms with Gasteiger partial charge in [-0.15, -0.1) is 0 Å². The van der Waals surface area contributed by atoms with Crippen LogP contribution >= 0.6 is 0 Å². The van der Waals surface area contributed by atoms with Crippen LogP contribution in [0.2, 0.25) is 0 Å². The van der Waals surface area contributed by atoms with Gasteiger partial charge in [-0.1, -0.05) is 51.9 Å². The van der Waals surface area contributed by atoms with Crippen molar-refractivity contribution in [3.8, 4) is 0 Å². The lowest BCUT2D eigenvalue weighted by Gasteiger charge is -2.38. The van der Waals surface area contributed by atoms with Gasteiger partial charge in [0, 0.05) is 24.7 Å². The van der Waals surface area contributed by atoms with Gasteiger partial charge >= 0.3 is 6.03 Å². The number of nitrogens with one attached hydrogen (secondary N) is 4. The van der Waals surface area contributed by atoms with Crippen molar-refractivity contribution < 1.29 is 28.7 Å². The predicted molar refractivity (Wildman–Crippen MR) is 153 cm³/mol. The Labute approximate surface area is 243 Å². The maximum absolute atomic E-state index is 13.8. The molecule has 0 unspecified atom stereocenters. The summed E-state index contributed by atoms with van der Waals surface area (Å²) in [6.45, 7) is 2.95. The third kappa shape index (κ3) is 8.90. The molecular formula is C30H49N5O6. The molecule has 230 valence electrons. The second-order valence-electron chi connectivity index (χ2n) is 12.3. The quantitative estimate of drug-likeness (QED) is 0.358. The second-order valence-corrected chi connectivity index (χ2v) is 12.3. The summed E-state index contributed by atoms with van der Waals surface area (Å²) in [6, 6.07) is -2.97. The molecule has 0 aromatic carbocycles. The number of hydrogen-bond acceptors (Lipinski definition) is 6. The Morgan fingerprint density at radius 1 is 0.902 bits per heavy atom. The average Bonchev–Trinajstić information content (AvgIpc) is 3.64. The SMILES string of the molecule is CCC1(NC(=O)N[C@H]2COCCCCCCC[C@@H](C(=O)C(=O)NC3CC3)NC(=O)[C@@H]3CCCN3C2=O)CCCCC1. The van der Waals surface area contributed by atoms with E-state index in [-0.39, 0.29) is 24.1 Å². The molecule has 4 fully saturated rings. The minimum atomic E-state index is -0.935. The summed E-state index contributed by atoms with van der Waals surface area (Å²) in [7, 11) is 0. The van der Waals surface area contributed by atoms with Crippen molar-refractivity contribution in [1.82, 2.24) is 26.2 Å². The number of ether oxygens (including phenoxy) is 1. The topological polar surface area (TPSA) is 146 Å². The van der Waals surface area contributed by atoms with Crippen LogP contribution in [0.4, 0.5) is 4.79 Å². The number of carbonyl (C=O) groups excluding carboxylic acids is 5. The van der Waals surface area contributed by atoms with Crippen molar-refractivity contribution in [2.24, 2.45) is 0 Å². The van der Waals surface area contributed by atoms with Crippen molar-refractivity contribution in [2.75, 3.05) is 19.8 Å². The smallest absolute Gasteiger partial charge is 0.315 e. The van der Waals surface area contributed by atoms with E-state index in [9.17, 15) is 24.0 Å². The molecule has 41 heavy (non-hydrogen) atoms. The largest absolute Gasteiger partial charge is 0.379 e. The summed E-state index contributed by atoms with van der Waals surface area (Å²) in [5.74, 6) is -2.08. The molecule has 0 radical (unpaired) electrons. The van der Waals surface area contributed by atoms with Crippen LogP contribution in [-0.4, -0.2) is 83.9 Å². The summed E-state index contributed by atoms with van der Waals surface area (Å²) in [5, 5.41) is 11.6. The lowest BCUT2D eigenvalue weighted by atomic mass is 9.80. The molecule has 0 bridgehead atoms. The number of rotatable bonds is 6. The number of hydrogen-bond donors (Lipinski definition) is 4. The number of ketones is 1. The molecule has 2 saturated carbocycles. The van der Waals surface area contributed by atoms with Gasteiger partial charge < -0.3 is 30.9 Å². The summed E-state index contributed by atoms with van der Waals surface area (Å²) in [5.41, 5.74) is -0.270. The summed E-state index contributed by atoms with van der Waals surface area (Å²) in [4.78, 5) is 67.5. The van der Waals surface area contributed by atoms with Crippen LogP contribution in [0.1, 0.15) is 110 Å². The molecule has 5 amide bonds. The van der Waals surface area contributed by atoms with E-state index >= 15 is 0 Å². The first-order valence-corrected chi connectivity index (χ1v) is 15.9. The number of carbonyl (C=O) groups is 5. The van der Waals surface area contributed by atoms with Crippen LogP contribution in [0.3, 0.4) is 0 Å². The zero-order valence-electron chi connectivity index (χ0n) is 24.6. The monoisotopic (exact) mass is 575 g/mol. The fourth-order valence-electron chi connectivity index (χ4n) is 6.37. The van der Waals surface area contributed by atoms with E-state index in [1.54, 1.807) is 0 Å². The number of amides is 5. The summed E-state index contributed by atoms with van der Waals surface area (Å²) >= 11 is 0. The Morgan fingerprint density at radius 3 is 2.34 bits per heavy atom. The third-order valence-electron chi connectivity index (χ3n) is 9.14. The predicted octanol–water partition coefficient (Wildman–Crippen LogP) is 2.46. The Hall–Kier alpha value is -2.69. The molecule has 11 nitrogen and oxygen atoms in total. The lowest BCUT2D eigenvalue weighted by molar-refractivity contribution is -0.143. The van der Waals surface area contributed by atoms with Gasteiger partial charge in [-0.2, -0.15) is 0 Å². The molecule has 0 aromatic heterocycles. The van der Waals surface area contributed by atoms with Gasteiger partial charge in [-0.3, -0.25) is 19.2 Å². The number of nitrogens with zero attached hydrogens (tertiary/aromatic N) is 1. The molecule has 11 heteroatoms. The van der Waals surface area contributed by atoms with Crippen LogP contribution < -0.4 is 21.3 Å². The van der Waals surface area contributed by atoms with E-state index in [0.29, 0.717) is 38.8 Å². The lowest BCUT2D eigenvalue weighted by Crippen LogP contribution is -2.60. The van der Waals surface area contributed by atoms with E-state index < -0.39 is 41.8 Å². The van der Waals surface area contributed by atoms with E-state index in [4.69, 9.17) is 4.74 Å². The molecule has 0 aromatic rings. The van der Waals surface area contributed by atoms with Crippen molar-refractivity contribution in [3.05, 3.63) is 0 Å². The van der Waals surface area contributed by atoms with Crippen molar-refractivity contribution >= 4 is 29.5 Å². The highest BCUT2D eigenvalue weighted by Crippen LogP contribution is 2.31. The molecule has 4 N–H and O–H groups in total. The number of fused-ring (bicyclic) bond motifs is 1. The fourth-order valence-corrected chi connectivity index (χ4v) is 6.37. The number of urea groups is 1. The van der Waals surface area contributed by atoms with Gasteiger partial charge in [-0.05, 0) is 57.8 Å². The highest BCUT2D eigenvalue weighted by Gasteiger charge is 2.40. The van der Waals surface area contributed by atoms with Crippen LogP contribution in [0.25, 0.3) is 0 Å². The Kier molecular flexibility index (Phi) is 11.4. The third-order valence-corrected chi connectivity index (χ3v) is 9.14. The molecule has 2 aliphatic heterocycles. The minimum absolute atomic E-state index is 0.0265. The van der Waals surface area contributed by atoms with Gasteiger partial charge in [0.25, 0.3) is 5.91 Å². The standard InChI is InChI=1S/C30H49N5O6/c1-2-30(16-8-6-9-17-30)34-29(40)33-23-20-41-19-10-5-3-4-7-12-22(25(36)27(38)31-21-14-15-21)32-26(37)24-13-11-18-35(24)28(23)39/h21-24H,2-20H2,1H3,(H,31,38)(H,32,37)(H2,33,34,40)/t22-,23-,24-/m0/s1. The van der Waals surface area contributed by atoms with E-state index in [1.165, 1.54) is 4.90 Å². The van der Waals surface area contributed by atoms with E-state index in [0.717, 1.165) is 77.0 Å². The van der Waals surface area contributed by atoms with Crippen molar-refractivity contribution in [2.45, 2.75) is 139 Å². The maximum atomic E-state index is 13.8.